The number of nitrogens with one attached hydrogen (secondary N) is 2. The first-order valence-electron chi connectivity index (χ1n) is 13.3. The van der Waals surface area contributed by atoms with Gasteiger partial charge in [-0.1, -0.05) is 41.9 Å². The maximum atomic E-state index is 12.4. The molecule has 10 nitrogen and oxygen atoms in total. The molecule has 0 saturated carbocycles. The molecule has 3 heterocycles. The van der Waals surface area contributed by atoms with Crippen molar-refractivity contribution in [2.24, 2.45) is 0 Å². The van der Waals surface area contributed by atoms with Crippen molar-refractivity contribution in [3.05, 3.63) is 71.0 Å². The minimum atomic E-state index is -0.299. The number of likely N-dealkylation sites (N-methyl/N-ethyl adjacent to an activating group) is 1. The molecular weight excluding hydrogens is 565 g/mol. The van der Waals surface area contributed by atoms with Crippen molar-refractivity contribution >= 4 is 57.8 Å². The van der Waals surface area contributed by atoms with Crippen molar-refractivity contribution in [1.82, 2.24) is 14.9 Å². The zero-order chi connectivity index (χ0) is 29.1. The van der Waals surface area contributed by atoms with E-state index in [9.17, 15) is 4.79 Å². The van der Waals surface area contributed by atoms with Crippen LogP contribution in [0.2, 0.25) is 10.0 Å². The number of aromatic nitrogens is 2. The van der Waals surface area contributed by atoms with Crippen LogP contribution in [0.5, 0.6) is 5.75 Å². The van der Waals surface area contributed by atoms with Crippen LogP contribution in [0.3, 0.4) is 0 Å². The second-order valence-electron chi connectivity index (χ2n) is 10.1. The summed E-state index contributed by atoms with van der Waals surface area (Å²) in [5.74, 6) is 1.38. The summed E-state index contributed by atoms with van der Waals surface area (Å²) in [5, 5.41) is 9.00. The third-order valence-electron chi connectivity index (χ3n) is 7.38. The van der Waals surface area contributed by atoms with E-state index in [1.807, 2.05) is 24.3 Å². The normalized spacial score (nSPS) is 18.6. The van der Waals surface area contributed by atoms with Gasteiger partial charge in [-0.15, -0.1) is 0 Å². The van der Waals surface area contributed by atoms with Crippen LogP contribution >= 0.6 is 23.2 Å². The van der Waals surface area contributed by atoms with E-state index >= 15 is 0 Å². The van der Waals surface area contributed by atoms with E-state index in [1.165, 1.54) is 12.4 Å². The summed E-state index contributed by atoms with van der Waals surface area (Å²) in [6.07, 6.45) is 4.46. The summed E-state index contributed by atoms with van der Waals surface area (Å²) >= 11 is 12.8. The molecule has 2 saturated heterocycles. The van der Waals surface area contributed by atoms with Crippen molar-refractivity contribution in [3.8, 4) is 5.75 Å². The Labute approximate surface area is 249 Å². The van der Waals surface area contributed by atoms with Crippen LogP contribution in [0.15, 0.2) is 55.4 Å². The smallest absolute Gasteiger partial charge is 0.247 e. The first-order chi connectivity index (χ1) is 19.8. The summed E-state index contributed by atoms with van der Waals surface area (Å²) in [5.41, 5.74) is 3.01. The number of ether oxygens (including phenoxy) is 1. The lowest BCUT2D eigenvalue weighted by molar-refractivity contribution is -0.111. The quantitative estimate of drug-likeness (QED) is 0.302. The lowest BCUT2D eigenvalue weighted by Crippen LogP contribution is -2.31. The number of carbonyl (C=O) groups is 1. The number of anilines is 5. The van der Waals surface area contributed by atoms with Crippen molar-refractivity contribution in [2.75, 3.05) is 61.5 Å². The predicted molar refractivity (Wildman–Crippen MR) is 164 cm³/mol. The Hall–Kier alpha value is -3.57. The number of methoxy groups -OCH3 is 1. The number of carbonyl (C=O) groups excluding carboxylic acids is 1. The van der Waals surface area contributed by atoms with Gasteiger partial charge in [-0.25, -0.2) is 15.0 Å². The zero-order valence-electron chi connectivity index (χ0n) is 23.2. The number of hydrogen-bond acceptors (Lipinski definition) is 9. The molecule has 1 aromatic heterocycles. The highest BCUT2D eigenvalue weighted by atomic mass is 35.5. The molecule has 41 heavy (non-hydrogen) atoms. The minimum Gasteiger partial charge on any atom is -0.494 e. The van der Waals surface area contributed by atoms with Crippen molar-refractivity contribution < 1.29 is 14.4 Å². The molecule has 0 bridgehead atoms. The van der Waals surface area contributed by atoms with Gasteiger partial charge in [-0.3, -0.25) is 9.63 Å². The fraction of sp³-hybridized carbons (Fsp3) is 0.345. The van der Waals surface area contributed by atoms with Crippen LogP contribution in [-0.4, -0.2) is 67.7 Å². The largest absolute Gasteiger partial charge is 0.494 e. The molecule has 2 N–H and O–H groups in total. The van der Waals surface area contributed by atoms with E-state index < -0.39 is 0 Å². The van der Waals surface area contributed by atoms with Gasteiger partial charge < -0.3 is 25.2 Å². The Balaban J connectivity index is 1.45. The van der Waals surface area contributed by atoms with Gasteiger partial charge in [0.2, 0.25) is 5.91 Å². The highest BCUT2D eigenvalue weighted by Gasteiger charge is 2.31. The van der Waals surface area contributed by atoms with Gasteiger partial charge in [0, 0.05) is 37.7 Å². The summed E-state index contributed by atoms with van der Waals surface area (Å²) < 4.78 is 5.77. The molecule has 0 unspecified atom stereocenters. The van der Waals surface area contributed by atoms with Gasteiger partial charge in [-0.05, 0) is 44.3 Å². The number of amides is 1. The highest BCUT2D eigenvalue weighted by molar-refractivity contribution is 6.42. The summed E-state index contributed by atoms with van der Waals surface area (Å²) in [4.78, 5) is 31.7. The van der Waals surface area contributed by atoms with Crippen LogP contribution in [-0.2, 0) is 9.63 Å². The van der Waals surface area contributed by atoms with E-state index in [0.29, 0.717) is 51.5 Å². The lowest BCUT2D eigenvalue weighted by atomic mass is 10.0. The van der Waals surface area contributed by atoms with Gasteiger partial charge in [0.15, 0.2) is 5.82 Å². The molecule has 2 aliphatic rings. The fourth-order valence-corrected chi connectivity index (χ4v) is 5.63. The number of hydroxylamine groups is 1. The molecule has 2 aromatic carbocycles. The fourth-order valence-electron chi connectivity index (χ4n) is 5.19. The average Bonchev–Trinajstić information content (AvgIpc) is 3.66. The van der Waals surface area contributed by atoms with Crippen LogP contribution in [0.1, 0.15) is 24.4 Å². The van der Waals surface area contributed by atoms with Crippen LogP contribution in [0.25, 0.3) is 0 Å². The van der Waals surface area contributed by atoms with E-state index in [2.05, 4.69) is 51.1 Å². The Morgan fingerprint density at radius 1 is 1.20 bits per heavy atom. The highest BCUT2D eigenvalue weighted by Crippen LogP contribution is 2.42. The van der Waals surface area contributed by atoms with Gasteiger partial charge in [-0.2, -0.15) is 0 Å². The third kappa shape index (κ3) is 6.20. The Morgan fingerprint density at radius 2 is 2.02 bits per heavy atom. The van der Waals surface area contributed by atoms with Crippen molar-refractivity contribution in [3.63, 3.8) is 0 Å². The molecule has 5 rings (SSSR count). The number of nitrogens with zero attached hydrogens (tertiary/aromatic N) is 5. The van der Waals surface area contributed by atoms with Gasteiger partial charge >= 0.3 is 0 Å². The first kappa shape index (κ1) is 28.9. The van der Waals surface area contributed by atoms with E-state index in [4.69, 9.17) is 32.8 Å². The minimum absolute atomic E-state index is 0.162. The van der Waals surface area contributed by atoms with Gasteiger partial charge in [0.25, 0.3) is 0 Å². The molecular formula is C29H33Cl2N7O3. The Morgan fingerprint density at radius 3 is 2.76 bits per heavy atom. The molecule has 12 heteroatoms. The van der Waals surface area contributed by atoms with Crippen molar-refractivity contribution in [2.45, 2.75) is 24.9 Å². The maximum Gasteiger partial charge on any atom is 0.247 e. The Kier molecular flexibility index (Phi) is 8.84. The molecule has 2 aliphatic heterocycles. The maximum absolute atomic E-state index is 12.4. The molecule has 216 valence electrons. The third-order valence-corrected chi connectivity index (χ3v) is 8.22. The zero-order valence-corrected chi connectivity index (χ0v) is 24.7. The number of benzene rings is 2. The summed E-state index contributed by atoms with van der Waals surface area (Å²) in [6, 6.07) is 11.4. The van der Waals surface area contributed by atoms with E-state index in [0.717, 1.165) is 37.2 Å². The first-order valence-corrected chi connectivity index (χ1v) is 14.1. The average molecular weight is 599 g/mol. The van der Waals surface area contributed by atoms with Gasteiger partial charge in [0.05, 0.1) is 46.9 Å². The number of halogens is 2. The molecule has 0 spiro atoms. The predicted octanol–water partition coefficient (Wildman–Crippen LogP) is 5.68. The monoisotopic (exact) mass is 597 g/mol. The van der Waals surface area contributed by atoms with Crippen molar-refractivity contribution in [1.29, 1.82) is 0 Å². The lowest BCUT2D eigenvalue weighted by Gasteiger charge is -2.26. The van der Waals surface area contributed by atoms with Crippen LogP contribution < -0.4 is 25.3 Å². The standard InChI is InChI=1S/C29H33Cl2N7O3/c1-5-28(39)35-21-13-22(25(40-4)14-24(21)37-11-9-18(16-37)36(2)3)34-26-15-27(33-17-32-26)38-23(10-12-41-38)19-7-6-8-20(30)29(19)31/h5-8,13-15,17-18,23H,1,9-12,16H2,2-4H3,(H,35,39)(H,32,33,34)/t18-,23-/m1/s1. The SMILES string of the molecule is C=CC(=O)Nc1cc(Nc2cc(N3OCC[C@@H]3c3cccc(Cl)c3Cl)ncn2)c(OC)cc1N1CC[C@@H](N(C)C)C1. The number of rotatable bonds is 9. The Bertz CT molecular complexity index is 1440. The van der Waals surface area contributed by atoms with Crippen LogP contribution in [0.4, 0.5) is 28.7 Å². The molecule has 0 aliphatic carbocycles. The second-order valence-corrected chi connectivity index (χ2v) is 10.9. The van der Waals surface area contributed by atoms with Gasteiger partial charge in [0.1, 0.15) is 17.9 Å². The molecule has 0 radical (unpaired) electrons. The second kappa shape index (κ2) is 12.5. The molecule has 2 fully saturated rings. The molecule has 2 atom stereocenters. The topological polar surface area (TPSA) is 95.1 Å². The summed E-state index contributed by atoms with van der Waals surface area (Å²) in [6.45, 7) is 5.81. The molecule has 1 amide bonds. The van der Waals surface area contributed by atoms with E-state index in [-0.39, 0.29) is 11.9 Å². The van der Waals surface area contributed by atoms with E-state index in [1.54, 1.807) is 24.3 Å². The summed E-state index contributed by atoms with van der Waals surface area (Å²) in [7, 11) is 5.77. The van der Waals surface area contributed by atoms with Crippen LogP contribution in [0, 0.1) is 0 Å². The molecule has 3 aromatic rings. The number of hydrogen-bond donors (Lipinski definition) is 2.